The Morgan fingerprint density at radius 3 is 2.67 bits per heavy atom. The molecule has 0 spiro atoms. The highest BCUT2D eigenvalue weighted by molar-refractivity contribution is 5.57. The van der Waals surface area contributed by atoms with Gasteiger partial charge in [0.1, 0.15) is 0 Å². The van der Waals surface area contributed by atoms with E-state index in [0.29, 0.717) is 19.8 Å². The SMILES string of the molecule is OC(COCc1ccccc1)CN1CCc2ccccc21. The fraction of sp³-hybridized carbons (Fsp3) is 0.333. The molecule has 0 fully saturated rings. The van der Waals surface area contributed by atoms with E-state index in [4.69, 9.17) is 4.74 Å². The summed E-state index contributed by atoms with van der Waals surface area (Å²) >= 11 is 0. The first kappa shape index (κ1) is 14.1. The Balaban J connectivity index is 1.46. The maximum atomic E-state index is 10.1. The van der Waals surface area contributed by atoms with Crippen molar-refractivity contribution in [2.24, 2.45) is 0 Å². The minimum Gasteiger partial charge on any atom is -0.389 e. The monoisotopic (exact) mass is 283 g/mol. The highest BCUT2D eigenvalue weighted by Gasteiger charge is 2.20. The van der Waals surface area contributed by atoms with Crippen molar-refractivity contribution in [3.05, 3.63) is 65.7 Å². The molecule has 0 radical (unpaired) electrons. The standard InChI is InChI=1S/C18H21NO2/c20-17(14-21-13-15-6-2-1-3-7-15)12-19-11-10-16-8-4-5-9-18(16)19/h1-9,17,20H,10-14H2. The van der Waals surface area contributed by atoms with Gasteiger partial charge in [-0.25, -0.2) is 0 Å². The fourth-order valence-corrected chi connectivity index (χ4v) is 2.79. The van der Waals surface area contributed by atoms with Gasteiger partial charge in [0, 0.05) is 18.8 Å². The van der Waals surface area contributed by atoms with Gasteiger partial charge in [-0.2, -0.15) is 0 Å². The summed E-state index contributed by atoms with van der Waals surface area (Å²) in [5.41, 5.74) is 3.76. The lowest BCUT2D eigenvalue weighted by Gasteiger charge is -2.22. The van der Waals surface area contributed by atoms with Crippen LogP contribution in [0.4, 0.5) is 5.69 Å². The summed E-state index contributed by atoms with van der Waals surface area (Å²) in [5, 5.41) is 10.1. The number of aliphatic hydroxyl groups is 1. The largest absolute Gasteiger partial charge is 0.389 e. The lowest BCUT2D eigenvalue weighted by Crippen LogP contribution is -2.33. The number of hydrogen-bond acceptors (Lipinski definition) is 3. The lowest BCUT2D eigenvalue weighted by atomic mass is 10.2. The first-order valence-electron chi connectivity index (χ1n) is 7.45. The zero-order valence-electron chi connectivity index (χ0n) is 12.1. The minimum absolute atomic E-state index is 0.369. The van der Waals surface area contributed by atoms with Crippen molar-refractivity contribution >= 4 is 5.69 Å². The Kier molecular flexibility index (Phi) is 4.53. The number of hydrogen-bond donors (Lipinski definition) is 1. The van der Waals surface area contributed by atoms with Crippen LogP contribution in [0.25, 0.3) is 0 Å². The van der Waals surface area contributed by atoms with Crippen LogP contribution in [0.5, 0.6) is 0 Å². The van der Waals surface area contributed by atoms with Gasteiger partial charge in [-0.05, 0) is 23.6 Å². The average molecular weight is 283 g/mol. The van der Waals surface area contributed by atoms with Crippen molar-refractivity contribution in [2.75, 3.05) is 24.6 Å². The summed E-state index contributed by atoms with van der Waals surface area (Å²) in [5.74, 6) is 0. The van der Waals surface area contributed by atoms with Gasteiger partial charge < -0.3 is 14.7 Å². The lowest BCUT2D eigenvalue weighted by molar-refractivity contribution is 0.0321. The molecule has 0 saturated carbocycles. The predicted octanol–water partition coefficient (Wildman–Crippen LogP) is 2.63. The summed E-state index contributed by atoms with van der Waals surface area (Å²) in [6, 6.07) is 18.5. The molecule has 0 amide bonds. The molecule has 0 saturated heterocycles. The number of benzene rings is 2. The Hall–Kier alpha value is -1.84. The molecule has 2 aromatic rings. The van der Waals surface area contributed by atoms with Gasteiger partial charge in [-0.3, -0.25) is 0 Å². The van der Waals surface area contributed by atoms with E-state index in [1.165, 1.54) is 11.3 Å². The molecule has 1 N–H and O–H groups in total. The zero-order valence-corrected chi connectivity index (χ0v) is 12.1. The van der Waals surface area contributed by atoms with Gasteiger partial charge in [0.05, 0.1) is 19.3 Å². The molecule has 2 aromatic carbocycles. The van der Waals surface area contributed by atoms with Crippen molar-refractivity contribution in [1.82, 2.24) is 0 Å². The number of β-amino-alcohol motifs (C(OH)–C–C–N with tert-alkyl or cyclic N) is 1. The minimum atomic E-state index is -0.458. The van der Waals surface area contributed by atoms with Crippen molar-refractivity contribution in [2.45, 2.75) is 19.1 Å². The average Bonchev–Trinajstić information content (AvgIpc) is 2.92. The van der Waals surface area contributed by atoms with E-state index in [1.807, 2.05) is 30.3 Å². The van der Waals surface area contributed by atoms with E-state index >= 15 is 0 Å². The van der Waals surface area contributed by atoms with Crippen LogP contribution in [-0.4, -0.2) is 30.9 Å². The summed E-state index contributed by atoms with van der Waals surface area (Å²) in [6.07, 6.45) is 0.605. The van der Waals surface area contributed by atoms with Crippen molar-refractivity contribution < 1.29 is 9.84 Å². The van der Waals surface area contributed by atoms with Crippen LogP contribution in [0, 0.1) is 0 Å². The van der Waals surface area contributed by atoms with E-state index < -0.39 is 6.10 Å². The number of rotatable bonds is 6. The molecule has 1 aliphatic heterocycles. The van der Waals surface area contributed by atoms with Crippen LogP contribution in [0.3, 0.4) is 0 Å². The van der Waals surface area contributed by atoms with E-state index in [9.17, 15) is 5.11 Å². The van der Waals surface area contributed by atoms with E-state index in [1.54, 1.807) is 0 Å². The van der Waals surface area contributed by atoms with Crippen LogP contribution in [-0.2, 0) is 17.8 Å². The molecule has 0 bridgehead atoms. The van der Waals surface area contributed by atoms with Gasteiger partial charge in [0.25, 0.3) is 0 Å². The van der Waals surface area contributed by atoms with Crippen LogP contribution in [0.15, 0.2) is 54.6 Å². The van der Waals surface area contributed by atoms with Crippen molar-refractivity contribution in [3.63, 3.8) is 0 Å². The Bertz CT molecular complexity index is 570. The predicted molar refractivity (Wildman–Crippen MR) is 84.5 cm³/mol. The number of para-hydroxylation sites is 1. The molecule has 1 aliphatic rings. The molecular weight excluding hydrogens is 262 g/mol. The second kappa shape index (κ2) is 6.74. The zero-order chi connectivity index (χ0) is 14.5. The number of ether oxygens (including phenoxy) is 1. The smallest absolute Gasteiger partial charge is 0.0948 e. The normalized spacial score (nSPS) is 15.0. The van der Waals surface area contributed by atoms with Crippen LogP contribution >= 0.6 is 0 Å². The number of fused-ring (bicyclic) bond motifs is 1. The van der Waals surface area contributed by atoms with Crippen LogP contribution < -0.4 is 4.90 Å². The second-order valence-corrected chi connectivity index (χ2v) is 5.48. The first-order valence-corrected chi connectivity index (χ1v) is 7.45. The summed E-state index contributed by atoms with van der Waals surface area (Å²) in [7, 11) is 0. The first-order chi connectivity index (χ1) is 10.3. The van der Waals surface area contributed by atoms with Gasteiger partial charge in [-0.1, -0.05) is 48.5 Å². The van der Waals surface area contributed by atoms with E-state index in [2.05, 4.69) is 29.2 Å². The van der Waals surface area contributed by atoms with Crippen LogP contribution in [0.1, 0.15) is 11.1 Å². The van der Waals surface area contributed by atoms with Crippen LogP contribution in [0.2, 0.25) is 0 Å². The summed E-state index contributed by atoms with van der Waals surface area (Å²) in [6.45, 7) is 2.53. The molecule has 1 unspecified atom stereocenters. The molecule has 3 heteroatoms. The summed E-state index contributed by atoms with van der Waals surface area (Å²) in [4.78, 5) is 2.24. The number of anilines is 1. The van der Waals surface area contributed by atoms with Gasteiger partial charge >= 0.3 is 0 Å². The van der Waals surface area contributed by atoms with Gasteiger partial charge in [-0.15, -0.1) is 0 Å². The molecule has 0 aromatic heterocycles. The maximum Gasteiger partial charge on any atom is 0.0948 e. The molecule has 0 aliphatic carbocycles. The topological polar surface area (TPSA) is 32.7 Å². The van der Waals surface area contributed by atoms with Gasteiger partial charge in [0.2, 0.25) is 0 Å². The Morgan fingerprint density at radius 2 is 1.81 bits per heavy atom. The molecular formula is C18H21NO2. The molecule has 21 heavy (non-hydrogen) atoms. The highest BCUT2D eigenvalue weighted by atomic mass is 16.5. The number of aliphatic hydroxyl groups excluding tert-OH is 1. The summed E-state index contributed by atoms with van der Waals surface area (Å²) < 4.78 is 5.60. The van der Waals surface area contributed by atoms with Crippen molar-refractivity contribution in [1.29, 1.82) is 0 Å². The third-order valence-electron chi connectivity index (χ3n) is 3.84. The van der Waals surface area contributed by atoms with Crippen molar-refractivity contribution in [3.8, 4) is 0 Å². The van der Waals surface area contributed by atoms with Gasteiger partial charge in [0.15, 0.2) is 0 Å². The Morgan fingerprint density at radius 1 is 1.05 bits per heavy atom. The molecule has 3 nitrogen and oxygen atoms in total. The number of nitrogens with zero attached hydrogens (tertiary/aromatic N) is 1. The Labute approximate surface area is 125 Å². The maximum absolute atomic E-state index is 10.1. The molecule has 1 heterocycles. The van der Waals surface area contributed by atoms with E-state index in [0.717, 1.165) is 18.5 Å². The molecule has 1 atom stereocenters. The van der Waals surface area contributed by atoms with E-state index in [-0.39, 0.29) is 0 Å². The fourth-order valence-electron chi connectivity index (χ4n) is 2.79. The molecule has 3 rings (SSSR count). The third-order valence-corrected chi connectivity index (χ3v) is 3.84. The highest BCUT2D eigenvalue weighted by Crippen LogP contribution is 2.27. The second-order valence-electron chi connectivity index (χ2n) is 5.48. The molecule has 110 valence electrons. The third kappa shape index (κ3) is 3.63. The quantitative estimate of drug-likeness (QED) is 0.884.